The molecule has 0 spiro atoms. The molecule has 15 aromatic rings. The highest BCUT2D eigenvalue weighted by Gasteiger charge is 2.12. The van der Waals surface area contributed by atoms with E-state index in [1.807, 2.05) is 135 Å². The first-order chi connectivity index (χ1) is 57.2. The lowest BCUT2D eigenvalue weighted by Gasteiger charge is -2.20. The molecule has 118 heavy (non-hydrogen) atoms. The molecule has 1 aliphatic carbocycles. The Kier molecular flexibility index (Phi) is 42.9. The Labute approximate surface area is 720 Å². The molecule has 10 heterocycles. The molecule has 6 N–H and O–H groups in total. The Balaban J connectivity index is 0.000000182. The zero-order chi connectivity index (χ0) is 84.7. The quantitative estimate of drug-likeness (QED) is 0.0571. The third-order valence-corrected chi connectivity index (χ3v) is 19.2. The zero-order valence-electron chi connectivity index (χ0n) is 70.6. The maximum absolute atomic E-state index is 5.61. The molecule has 1 aliphatic rings. The molecule has 0 unspecified atom stereocenters. The molecule has 0 atom stereocenters. The van der Waals surface area contributed by atoms with E-state index in [1.54, 1.807) is 24.4 Å². The van der Waals surface area contributed by atoms with Gasteiger partial charge < -0.3 is 27.0 Å². The minimum atomic E-state index is 0.132. The number of para-hydroxylation sites is 5. The fourth-order valence-electron chi connectivity index (χ4n) is 11.5. The lowest BCUT2D eigenvalue weighted by Crippen LogP contribution is -2.35. The summed E-state index contributed by atoms with van der Waals surface area (Å²) in [6.07, 6.45) is 13.6. The van der Waals surface area contributed by atoms with Crippen LogP contribution >= 0.6 is 46.4 Å². The van der Waals surface area contributed by atoms with E-state index in [0.29, 0.717) is 32.9 Å². The minimum Gasteiger partial charge on any atom is -0.325 e. The average molecular weight is 1660 g/mol. The molecular formula is C99H117Cl4N15. The number of nitrogens with zero attached hydrogens (tertiary/aromatic N) is 10. The van der Waals surface area contributed by atoms with Crippen LogP contribution in [0.25, 0.3) is 54.5 Å². The smallest absolute Gasteiger partial charge is 0.147 e. The summed E-state index contributed by atoms with van der Waals surface area (Å²) in [6, 6.07) is 85.7. The van der Waals surface area contributed by atoms with Crippen molar-refractivity contribution in [3.63, 3.8) is 0 Å². The zero-order valence-corrected chi connectivity index (χ0v) is 73.7. The minimum absolute atomic E-state index is 0.132. The van der Waals surface area contributed by atoms with Gasteiger partial charge in [-0.15, -0.1) is 0 Å². The van der Waals surface area contributed by atoms with Crippen LogP contribution in [-0.4, -0.2) is 75.0 Å². The monoisotopic (exact) mass is 1660 g/mol. The third-order valence-electron chi connectivity index (χ3n) is 18.1. The lowest BCUT2D eigenvalue weighted by molar-refractivity contribution is 0.421. The van der Waals surface area contributed by atoms with E-state index in [0.717, 1.165) is 144 Å². The first-order valence-electron chi connectivity index (χ1n) is 40.9. The third kappa shape index (κ3) is 35.6. The second-order valence-corrected chi connectivity index (χ2v) is 30.4. The second kappa shape index (κ2) is 53.3. The summed E-state index contributed by atoms with van der Waals surface area (Å²) in [5, 5.41) is 21.2. The molecular weight excluding hydrogens is 1540 g/mol. The Bertz CT molecular complexity index is 5380. The van der Waals surface area contributed by atoms with Crippen LogP contribution in [0.15, 0.2) is 267 Å². The molecule has 0 fully saturated rings. The van der Waals surface area contributed by atoms with Crippen molar-refractivity contribution in [2.24, 2.45) is 5.73 Å². The molecule has 10 aromatic heterocycles. The molecule has 19 heteroatoms. The number of hydrogen-bond acceptors (Lipinski definition) is 15. The van der Waals surface area contributed by atoms with Crippen LogP contribution in [0.2, 0.25) is 20.4 Å². The van der Waals surface area contributed by atoms with E-state index in [1.165, 1.54) is 69.6 Å². The predicted molar refractivity (Wildman–Crippen MR) is 500 cm³/mol. The standard InChI is InChI=1S/C14H18N2.C13H16N2.C12H14N2.C11H12N2.C11H15N.C11H11N.2C7H8ClN.C7H9N.C6H6Cl2N2/c1-14(2,3)15-10-12-9-8-11-6-4-5-7-13(11)16-12;1-10(2)14-9-12-8-7-11-5-3-4-6-13(11)15-12;1-2-13-9-11-8-7-10-5-3-4-6-12(10)14-11;1-12-8-10-7-6-9-4-2-3-5-11(9)13-10;2*1-2-10-8-7-9-5-3-4-6-11(9)12-10;1-2-7-4-3-6(8)5-9-7;1-2-6-4-3-5-7(8)9-6;1-2-7-5-3-4-6-8-7;7-5-2-1-4(3-9)10-6(5)8/h4-9,15H,10H2,1-3H3;3-8,10,14H,9H2,1-2H3;3-8,13H,2,9H2,1H3;2-7,12H,8H2,1H3;7-8H,2-6H2,1H3;3-8H,2H2,1H3;2*3-5H,2H2,1H3;3-6H,2H2,1H3;1-2H,3,9H2. The van der Waals surface area contributed by atoms with Gasteiger partial charge in [0.05, 0.1) is 66.1 Å². The summed E-state index contributed by atoms with van der Waals surface area (Å²) in [7, 11) is 1.93. The van der Waals surface area contributed by atoms with Crippen LogP contribution in [0.1, 0.15) is 157 Å². The van der Waals surface area contributed by atoms with Gasteiger partial charge in [-0.3, -0.25) is 39.9 Å². The second-order valence-electron chi connectivity index (χ2n) is 28.8. The fraction of sp³-hybridized carbons (Fsp3) is 0.293. The Morgan fingerprint density at radius 3 is 1.19 bits per heavy atom. The molecule has 0 bridgehead atoms. The van der Waals surface area contributed by atoms with Crippen LogP contribution in [0.3, 0.4) is 0 Å². The molecule has 0 saturated heterocycles. The molecule has 5 aromatic carbocycles. The van der Waals surface area contributed by atoms with Gasteiger partial charge >= 0.3 is 0 Å². The van der Waals surface area contributed by atoms with Gasteiger partial charge in [-0.1, -0.05) is 241 Å². The number of rotatable bonds is 16. The van der Waals surface area contributed by atoms with Crippen LogP contribution in [0, 0.1) is 0 Å². The number of nitrogens with one attached hydrogen (secondary N) is 4. The SMILES string of the molecule is CC(C)(C)NCc1ccc2ccccc2n1.CC(C)NCc1ccc2ccccc2n1.CCNCc1ccc2ccccc2n1.CCc1ccc(Cl)cn1.CCc1ccc2c(n1)CCCC2.CCc1ccc2ccccc2n1.CCc1cccc(Cl)n1.CCc1ccccn1.CNCc1ccc2ccccc2n1.NCc1ccc(Cl)c(Cl)n1. The van der Waals surface area contributed by atoms with Crippen molar-refractivity contribution in [2.45, 2.75) is 178 Å². The van der Waals surface area contributed by atoms with Gasteiger partial charge in [0.15, 0.2) is 0 Å². The van der Waals surface area contributed by atoms with Gasteiger partial charge in [0.1, 0.15) is 10.3 Å². The number of pyridine rings is 10. The van der Waals surface area contributed by atoms with Crippen LogP contribution in [-0.2, 0) is 77.7 Å². The summed E-state index contributed by atoms with van der Waals surface area (Å²) >= 11 is 22.4. The molecule has 0 saturated carbocycles. The fourth-order valence-corrected chi connectivity index (χ4v) is 12.1. The summed E-state index contributed by atoms with van der Waals surface area (Å²) in [5.41, 5.74) is 24.5. The molecule has 15 nitrogen and oxygen atoms in total. The molecule has 0 amide bonds. The summed E-state index contributed by atoms with van der Waals surface area (Å²) < 4.78 is 0. The summed E-state index contributed by atoms with van der Waals surface area (Å²) in [4.78, 5) is 43.5. The first-order valence-corrected chi connectivity index (χ1v) is 42.4. The van der Waals surface area contributed by atoms with Crippen molar-refractivity contribution in [1.29, 1.82) is 0 Å². The number of hydrogen-bond donors (Lipinski definition) is 5. The van der Waals surface area contributed by atoms with Crippen LogP contribution in [0.5, 0.6) is 0 Å². The highest BCUT2D eigenvalue weighted by atomic mass is 35.5. The van der Waals surface area contributed by atoms with E-state index in [2.05, 4.69) is 263 Å². The number of aromatic nitrogens is 10. The maximum atomic E-state index is 5.61. The van der Waals surface area contributed by atoms with Crippen molar-refractivity contribution in [3.8, 4) is 0 Å². The topological polar surface area (TPSA) is 203 Å². The van der Waals surface area contributed by atoms with E-state index < -0.39 is 0 Å². The van der Waals surface area contributed by atoms with Crippen molar-refractivity contribution >= 4 is 101 Å². The van der Waals surface area contributed by atoms with E-state index in [-0.39, 0.29) is 5.54 Å². The van der Waals surface area contributed by atoms with Crippen molar-refractivity contribution < 1.29 is 0 Å². The largest absolute Gasteiger partial charge is 0.325 e. The highest BCUT2D eigenvalue weighted by molar-refractivity contribution is 6.41. The van der Waals surface area contributed by atoms with E-state index in [9.17, 15) is 0 Å². The molecule has 0 aliphatic heterocycles. The maximum Gasteiger partial charge on any atom is 0.147 e. The van der Waals surface area contributed by atoms with Crippen LogP contribution < -0.4 is 27.0 Å². The van der Waals surface area contributed by atoms with Gasteiger partial charge in [-0.25, -0.2) is 9.97 Å². The number of benzene rings is 5. The first kappa shape index (κ1) is 95.0. The van der Waals surface area contributed by atoms with Gasteiger partial charge in [0.25, 0.3) is 0 Å². The molecule has 616 valence electrons. The van der Waals surface area contributed by atoms with Gasteiger partial charge in [0.2, 0.25) is 0 Å². The highest BCUT2D eigenvalue weighted by Crippen LogP contribution is 2.22. The van der Waals surface area contributed by atoms with Crippen molar-refractivity contribution in [1.82, 2.24) is 71.1 Å². The van der Waals surface area contributed by atoms with E-state index in [4.69, 9.17) is 52.1 Å². The Morgan fingerprint density at radius 2 is 0.780 bits per heavy atom. The van der Waals surface area contributed by atoms with Gasteiger partial charge in [-0.05, 0) is 213 Å². The normalized spacial score (nSPS) is 11.0. The van der Waals surface area contributed by atoms with Gasteiger partial charge in [-0.2, -0.15) is 0 Å². The summed E-state index contributed by atoms with van der Waals surface area (Å²) in [6.45, 7) is 28.1. The summed E-state index contributed by atoms with van der Waals surface area (Å²) in [5.74, 6) is 0. The average Bonchev–Trinajstić information content (AvgIpc) is 0.867. The van der Waals surface area contributed by atoms with Crippen molar-refractivity contribution in [3.05, 3.63) is 356 Å². The number of aryl methyl sites for hydroxylation is 7. The van der Waals surface area contributed by atoms with E-state index >= 15 is 0 Å². The predicted octanol–water partition coefficient (Wildman–Crippen LogP) is 23.6. The number of halogens is 4. The van der Waals surface area contributed by atoms with Gasteiger partial charge in [0, 0.05) is 118 Å². The Morgan fingerprint density at radius 1 is 0.373 bits per heavy atom. The molecule has 16 rings (SSSR count). The van der Waals surface area contributed by atoms with Crippen molar-refractivity contribution in [2.75, 3.05) is 13.6 Å². The van der Waals surface area contributed by atoms with Crippen LogP contribution in [0.4, 0.5) is 0 Å². The lowest BCUT2D eigenvalue weighted by atomic mass is 9.96. The number of fused-ring (bicyclic) bond motifs is 6. The number of nitrogens with two attached hydrogens (primary N) is 1. The Hall–Kier alpha value is -10.1. The molecule has 0 radical (unpaired) electrons.